The molecular formula is C21H21ClF2N4O5S. The van der Waals surface area contributed by atoms with Crippen LogP contribution in [0.4, 0.5) is 19.4 Å². The maximum absolute atomic E-state index is 14.5. The highest BCUT2D eigenvalue weighted by atomic mass is 35.5. The average Bonchev–Trinajstić information content (AvgIpc) is 3.37. The highest BCUT2D eigenvalue weighted by Crippen LogP contribution is 2.39. The van der Waals surface area contributed by atoms with Crippen LogP contribution in [0.5, 0.6) is 0 Å². The van der Waals surface area contributed by atoms with E-state index in [9.17, 15) is 27.1 Å². The van der Waals surface area contributed by atoms with Crippen molar-refractivity contribution in [3.63, 3.8) is 0 Å². The minimum absolute atomic E-state index is 0.00665. The summed E-state index contributed by atoms with van der Waals surface area (Å²) in [4.78, 5) is 14.3. The molecule has 0 bridgehead atoms. The molecule has 2 aromatic carbocycles. The summed E-state index contributed by atoms with van der Waals surface area (Å²) in [5.41, 5.74) is -0.241. The summed E-state index contributed by atoms with van der Waals surface area (Å²) in [5, 5.41) is 16.4. The molecule has 0 aliphatic carbocycles. The Hall–Kier alpha value is -2.80. The number of carbonyl (C=O) groups excluding carboxylic acids is 1. The first-order valence-corrected chi connectivity index (χ1v) is 12.4. The molecule has 1 aliphatic rings. The lowest BCUT2D eigenvalue weighted by Gasteiger charge is -2.22. The Morgan fingerprint density at radius 2 is 2.03 bits per heavy atom. The largest absolute Gasteiger partial charge is 0.394 e. The van der Waals surface area contributed by atoms with Crippen molar-refractivity contribution in [1.82, 2.24) is 14.8 Å². The van der Waals surface area contributed by atoms with Crippen LogP contribution in [0, 0.1) is 11.6 Å². The molecule has 182 valence electrons. The highest BCUT2D eigenvalue weighted by molar-refractivity contribution is 7.89. The number of likely N-dealkylation sites (tertiary alicyclic amines) is 1. The van der Waals surface area contributed by atoms with Crippen molar-refractivity contribution in [3.8, 4) is 11.1 Å². The van der Waals surface area contributed by atoms with Crippen molar-refractivity contribution in [1.29, 1.82) is 0 Å². The van der Waals surface area contributed by atoms with E-state index in [-0.39, 0.29) is 51.7 Å². The molecule has 0 saturated carbocycles. The molecule has 0 spiro atoms. The number of benzene rings is 2. The van der Waals surface area contributed by atoms with Crippen molar-refractivity contribution in [3.05, 3.63) is 47.0 Å². The Labute approximate surface area is 198 Å². The summed E-state index contributed by atoms with van der Waals surface area (Å²) in [7, 11) is -3.51. The number of aromatic nitrogens is 1. The Bertz CT molecular complexity index is 1330. The summed E-state index contributed by atoms with van der Waals surface area (Å²) in [6, 6.07) is 4.20. The zero-order chi connectivity index (χ0) is 24.6. The molecule has 0 unspecified atom stereocenters. The van der Waals surface area contributed by atoms with Crippen LogP contribution in [-0.4, -0.2) is 60.6 Å². The number of amides is 2. The first-order chi connectivity index (χ1) is 16.1. The molecule has 9 nitrogen and oxygen atoms in total. The van der Waals surface area contributed by atoms with Gasteiger partial charge in [0, 0.05) is 29.2 Å². The van der Waals surface area contributed by atoms with E-state index in [0.29, 0.717) is 0 Å². The van der Waals surface area contributed by atoms with Gasteiger partial charge in [-0.2, -0.15) is 0 Å². The van der Waals surface area contributed by atoms with Gasteiger partial charge in [-0.15, -0.1) is 0 Å². The minimum atomic E-state index is -3.51. The van der Waals surface area contributed by atoms with Crippen LogP contribution in [0.15, 0.2) is 34.9 Å². The van der Waals surface area contributed by atoms with Gasteiger partial charge < -0.3 is 14.5 Å². The molecule has 0 radical (unpaired) electrons. The number of hydrogen-bond donors (Lipinski definition) is 3. The fraction of sp³-hybridized carbons (Fsp3) is 0.333. The van der Waals surface area contributed by atoms with Gasteiger partial charge in [-0.25, -0.2) is 26.7 Å². The van der Waals surface area contributed by atoms with E-state index in [4.69, 9.17) is 16.1 Å². The van der Waals surface area contributed by atoms with Gasteiger partial charge in [0.2, 0.25) is 10.0 Å². The number of rotatable bonds is 6. The van der Waals surface area contributed by atoms with Gasteiger partial charge in [0.1, 0.15) is 11.6 Å². The number of carbonyl (C=O) groups is 1. The minimum Gasteiger partial charge on any atom is -0.394 e. The second-order valence-corrected chi connectivity index (χ2v) is 10.3. The van der Waals surface area contributed by atoms with Gasteiger partial charge >= 0.3 is 6.03 Å². The number of aliphatic hydroxyl groups is 1. The zero-order valence-corrected chi connectivity index (χ0v) is 19.5. The van der Waals surface area contributed by atoms with Crippen LogP contribution in [0.1, 0.15) is 13.3 Å². The van der Waals surface area contributed by atoms with Gasteiger partial charge in [-0.3, -0.25) is 5.32 Å². The SMILES string of the molecule is CCS(=O)(=O)N[C@H]1C[C@@H](CO)N(C(=O)Nc2noc3cc(Cl)cc(-c4c(F)cccc4F)c23)C1. The number of halogens is 3. The Kier molecular flexibility index (Phi) is 6.76. The number of urea groups is 1. The summed E-state index contributed by atoms with van der Waals surface area (Å²) in [6.45, 7) is 1.11. The van der Waals surface area contributed by atoms with Crippen molar-refractivity contribution >= 4 is 44.4 Å². The predicted octanol–water partition coefficient (Wildman–Crippen LogP) is 3.33. The van der Waals surface area contributed by atoms with E-state index >= 15 is 0 Å². The number of nitrogens with zero attached hydrogens (tertiary/aromatic N) is 2. The zero-order valence-electron chi connectivity index (χ0n) is 17.9. The third kappa shape index (κ3) is 4.71. The van der Waals surface area contributed by atoms with Crippen LogP contribution in [0.3, 0.4) is 0 Å². The van der Waals surface area contributed by atoms with Gasteiger partial charge in [-0.1, -0.05) is 22.8 Å². The monoisotopic (exact) mass is 514 g/mol. The summed E-state index contributed by atoms with van der Waals surface area (Å²) < 4.78 is 60.6. The molecule has 3 N–H and O–H groups in total. The molecule has 4 rings (SSSR count). The third-order valence-electron chi connectivity index (χ3n) is 5.61. The Morgan fingerprint density at radius 1 is 1.32 bits per heavy atom. The molecule has 2 amide bonds. The number of aliphatic hydroxyl groups excluding tert-OH is 1. The number of nitrogens with one attached hydrogen (secondary N) is 2. The molecule has 1 aromatic heterocycles. The Balaban J connectivity index is 1.67. The van der Waals surface area contributed by atoms with Gasteiger partial charge in [0.25, 0.3) is 0 Å². The van der Waals surface area contributed by atoms with Gasteiger partial charge in [0.05, 0.1) is 29.4 Å². The molecule has 1 fully saturated rings. The predicted molar refractivity (Wildman–Crippen MR) is 122 cm³/mol. The van der Waals surface area contributed by atoms with E-state index in [1.54, 1.807) is 0 Å². The molecular weight excluding hydrogens is 494 g/mol. The topological polar surface area (TPSA) is 125 Å². The number of sulfonamides is 1. The maximum atomic E-state index is 14.5. The first kappa shape index (κ1) is 24.3. The lowest BCUT2D eigenvalue weighted by atomic mass is 10.0. The van der Waals surface area contributed by atoms with Crippen molar-refractivity contribution < 1.29 is 31.6 Å². The number of anilines is 1. The van der Waals surface area contributed by atoms with Crippen LogP contribution in [-0.2, 0) is 10.0 Å². The van der Waals surface area contributed by atoms with Crippen molar-refractivity contribution in [2.75, 3.05) is 24.2 Å². The third-order valence-corrected chi connectivity index (χ3v) is 7.28. The fourth-order valence-electron chi connectivity index (χ4n) is 4.01. The van der Waals surface area contributed by atoms with E-state index in [0.717, 1.165) is 12.1 Å². The maximum Gasteiger partial charge on any atom is 0.323 e. The highest BCUT2D eigenvalue weighted by Gasteiger charge is 2.37. The molecule has 34 heavy (non-hydrogen) atoms. The smallest absolute Gasteiger partial charge is 0.323 e. The van der Waals surface area contributed by atoms with E-state index < -0.39 is 46.4 Å². The fourth-order valence-corrected chi connectivity index (χ4v) is 5.06. The van der Waals surface area contributed by atoms with Gasteiger partial charge in [0.15, 0.2) is 11.4 Å². The van der Waals surface area contributed by atoms with Crippen LogP contribution in [0.2, 0.25) is 5.02 Å². The average molecular weight is 515 g/mol. The quantitative estimate of drug-likeness (QED) is 0.463. The lowest BCUT2D eigenvalue weighted by Crippen LogP contribution is -2.42. The van der Waals surface area contributed by atoms with Crippen LogP contribution in [0.25, 0.3) is 22.1 Å². The van der Waals surface area contributed by atoms with Crippen molar-refractivity contribution in [2.45, 2.75) is 25.4 Å². The second kappa shape index (κ2) is 9.45. The summed E-state index contributed by atoms with van der Waals surface area (Å²) >= 11 is 6.10. The molecule has 2 heterocycles. The normalized spacial score (nSPS) is 18.6. The second-order valence-electron chi connectivity index (χ2n) is 7.83. The Morgan fingerprint density at radius 3 is 2.68 bits per heavy atom. The molecule has 13 heteroatoms. The lowest BCUT2D eigenvalue weighted by molar-refractivity contribution is 0.166. The number of fused-ring (bicyclic) bond motifs is 1. The summed E-state index contributed by atoms with van der Waals surface area (Å²) in [6.07, 6.45) is 0.212. The van der Waals surface area contributed by atoms with Gasteiger partial charge in [-0.05, 0) is 31.5 Å². The molecule has 3 aromatic rings. The van der Waals surface area contributed by atoms with Crippen molar-refractivity contribution in [2.24, 2.45) is 0 Å². The van der Waals surface area contributed by atoms with E-state index in [1.807, 2.05) is 0 Å². The molecule has 2 atom stereocenters. The standard InChI is InChI=1S/C21H21ClF2N4O5S/c1-2-34(31,32)27-12-8-13(10-29)28(9-12)21(30)25-20-19-14(6-11(22)7-17(19)33-26-20)18-15(23)4-3-5-16(18)24/h3-7,12-13,27,29H,2,8-10H2,1H3,(H,25,26,30)/t12-,13-/m0/s1. The van der Waals surface area contributed by atoms with E-state index in [2.05, 4.69) is 15.2 Å². The molecule has 1 aliphatic heterocycles. The van der Waals surface area contributed by atoms with Crippen LogP contribution < -0.4 is 10.0 Å². The molecule has 1 saturated heterocycles. The summed E-state index contributed by atoms with van der Waals surface area (Å²) in [5.74, 6) is -1.91. The van der Waals surface area contributed by atoms with Crippen LogP contribution >= 0.6 is 11.6 Å². The number of hydrogen-bond acceptors (Lipinski definition) is 6. The first-order valence-electron chi connectivity index (χ1n) is 10.3. The van der Waals surface area contributed by atoms with E-state index in [1.165, 1.54) is 30.0 Å².